The molecule has 3 nitrogen and oxygen atoms in total. The van der Waals surface area contributed by atoms with Crippen LogP contribution in [0.4, 0.5) is 4.39 Å². The predicted molar refractivity (Wildman–Crippen MR) is 71.7 cm³/mol. The molecule has 0 aromatic heterocycles. The van der Waals surface area contributed by atoms with E-state index in [1.54, 1.807) is 6.07 Å². The Morgan fingerprint density at radius 2 is 2.21 bits per heavy atom. The third-order valence-electron chi connectivity index (χ3n) is 3.88. The third-order valence-corrected chi connectivity index (χ3v) is 3.88. The Morgan fingerprint density at radius 1 is 1.47 bits per heavy atom. The van der Waals surface area contributed by atoms with Gasteiger partial charge in [-0.1, -0.05) is 19.4 Å². The maximum absolute atomic E-state index is 13.1. The Bertz CT molecular complexity index is 457. The number of benzene rings is 1. The summed E-state index contributed by atoms with van der Waals surface area (Å²) < 4.78 is 13.1. The molecule has 1 N–H and O–H groups in total. The Labute approximate surface area is 113 Å². The van der Waals surface area contributed by atoms with Crippen molar-refractivity contribution in [3.05, 3.63) is 35.1 Å². The molecule has 1 aliphatic carbocycles. The molecule has 1 fully saturated rings. The molecule has 0 amide bonds. The smallest absolute Gasteiger partial charge is 0.336 e. The first-order valence-electron chi connectivity index (χ1n) is 6.84. The van der Waals surface area contributed by atoms with Gasteiger partial charge in [-0.2, -0.15) is 0 Å². The van der Waals surface area contributed by atoms with E-state index in [9.17, 15) is 9.18 Å². The number of carboxylic acids is 1. The molecule has 0 heterocycles. The first kappa shape index (κ1) is 14.0. The molecule has 0 saturated heterocycles. The molecule has 0 atom stereocenters. The van der Waals surface area contributed by atoms with E-state index in [0.29, 0.717) is 12.1 Å². The normalized spacial score (nSPS) is 15.5. The minimum Gasteiger partial charge on any atom is -0.478 e. The van der Waals surface area contributed by atoms with Gasteiger partial charge in [0.15, 0.2) is 0 Å². The number of hydrogen-bond acceptors (Lipinski definition) is 2. The Kier molecular flexibility index (Phi) is 4.53. The standard InChI is InChI=1S/C15H20FNO2/c1-2-17(9-11-4-3-5-11)10-12-6-7-13(16)8-14(12)15(18)19/h6-8,11H,2-5,9-10H2,1H3,(H,18,19). The van der Waals surface area contributed by atoms with E-state index in [-0.39, 0.29) is 5.56 Å². The number of halogens is 1. The Balaban J connectivity index is 2.09. The molecule has 2 rings (SSSR count). The van der Waals surface area contributed by atoms with Crippen LogP contribution in [0.2, 0.25) is 0 Å². The Morgan fingerprint density at radius 3 is 2.74 bits per heavy atom. The summed E-state index contributed by atoms with van der Waals surface area (Å²) in [6, 6.07) is 4.02. The third kappa shape index (κ3) is 3.53. The van der Waals surface area contributed by atoms with Crippen molar-refractivity contribution in [1.29, 1.82) is 0 Å². The van der Waals surface area contributed by atoms with Crippen LogP contribution in [0.3, 0.4) is 0 Å². The number of carboxylic acid groups (broad SMARTS) is 1. The quantitative estimate of drug-likeness (QED) is 0.859. The summed E-state index contributed by atoms with van der Waals surface area (Å²) in [7, 11) is 0. The summed E-state index contributed by atoms with van der Waals surface area (Å²) in [5, 5.41) is 9.13. The van der Waals surface area contributed by atoms with Crippen LogP contribution in [0.15, 0.2) is 18.2 Å². The number of carbonyl (C=O) groups is 1. The molecule has 1 aliphatic rings. The lowest BCUT2D eigenvalue weighted by atomic mass is 9.85. The fraction of sp³-hybridized carbons (Fsp3) is 0.533. The van der Waals surface area contributed by atoms with Gasteiger partial charge in [-0.25, -0.2) is 9.18 Å². The Hall–Kier alpha value is -1.42. The zero-order chi connectivity index (χ0) is 13.8. The lowest BCUT2D eigenvalue weighted by molar-refractivity contribution is 0.0693. The van der Waals surface area contributed by atoms with Crippen LogP contribution in [0.25, 0.3) is 0 Å². The summed E-state index contributed by atoms with van der Waals surface area (Å²) in [6.07, 6.45) is 3.84. The molecule has 1 aromatic rings. The molecule has 1 saturated carbocycles. The second-order valence-electron chi connectivity index (χ2n) is 5.23. The zero-order valence-corrected chi connectivity index (χ0v) is 11.2. The van der Waals surface area contributed by atoms with E-state index in [0.717, 1.165) is 25.1 Å². The van der Waals surface area contributed by atoms with Crippen LogP contribution < -0.4 is 0 Å². The summed E-state index contributed by atoms with van der Waals surface area (Å²) in [4.78, 5) is 13.4. The molecule has 0 aliphatic heterocycles. The largest absolute Gasteiger partial charge is 0.478 e. The van der Waals surface area contributed by atoms with Gasteiger partial charge in [0, 0.05) is 13.1 Å². The van der Waals surface area contributed by atoms with Crippen LogP contribution >= 0.6 is 0 Å². The number of nitrogens with zero attached hydrogens (tertiary/aromatic N) is 1. The van der Waals surface area contributed by atoms with Gasteiger partial charge in [-0.05, 0) is 43.0 Å². The average molecular weight is 265 g/mol. The topological polar surface area (TPSA) is 40.5 Å². The highest BCUT2D eigenvalue weighted by molar-refractivity contribution is 5.89. The van der Waals surface area contributed by atoms with E-state index in [1.165, 1.54) is 25.3 Å². The summed E-state index contributed by atoms with van der Waals surface area (Å²) >= 11 is 0. The van der Waals surface area contributed by atoms with E-state index in [1.807, 2.05) is 0 Å². The van der Waals surface area contributed by atoms with E-state index < -0.39 is 11.8 Å². The van der Waals surface area contributed by atoms with Crippen LogP contribution in [-0.4, -0.2) is 29.1 Å². The first-order chi connectivity index (χ1) is 9.10. The molecule has 0 unspecified atom stereocenters. The van der Waals surface area contributed by atoms with Gasteiger partial charge in [0.05, 0.1) is 5.56 Å². The molecule has 0 spiro atoms. The monoisotopic (exact) mass is 265 g/mol. The molecule has 0 radical (unpaired) electrons. The molecular formula is C15H20FNO2. The van der Waals surface area contributed by atoms with Gasteiger partial charge in [0.25, 0.3) is 0 Å². The number of rotatable bonds is 6. The van der Waals surface area contributed by atoms with E-state index >= 15 is 0 Å². The fourth-order valence-electron chi connectivity index (χ4n) is 2.47. The zero-order valence-electron chi connectivity index (χ0n) is 11.2. The van der Waals surface area contributed by atoms with Crippen molar-refractivity contribution in [1.82, 2.24) is 4.90 Å². The minimum atomic E-state index is -1.06. The molecule has 1 aromatic carbocycles. The van der Waals surface area contributed by atoms with E-state index in [2.05, 4.69) is 11.8 Å². The maximum atomic E-state index is 13.1. The first-order valence-corrected chi connectivity index (χ1v) is 6.84. The molecule has 104 valence electrons. The average Bonchev–Trinajstić information content (AvgIpc) is 2.33. The molecule has 4 heteroatoms. The minimum absolute atomic E-state index is 0.0760. The highest BCUT2D eigenvalue weighted by atomic mass is 19.1. The van der Waals surface area contributed by atoms with Crippen molar-refractivity contribution >= 4 is 5.97 Å². The van der Waals surface area contributed by atoms with Crippen molar-refractivity contribution in [2.45, 2.75) is 32.7 Å². The van der Waals surface area contributed by atoms with Gasteiger partial charge < -0.3 is 5.11 Å². The molecule has 19 heavy (non-hydrogen) atoms. The van der Waals surface area contributed by atoms with Gasteiger partial charge in [0.1, 0.15) is 5.82 Å². The number of hydrogen-bond donors (Lipinski definition) is 1. The van der Waals surface area contributed by atoms with Crippen molar-refractivity contribution in [3.63, 3.8) is 0 Å². The second kappa shape index (κ2) is 6.15. The predicted octanol–water partition coefficient (Wildman–Crippen LogP) is 3.15. The summed E-state index contributed by atoms with van der Waals surface area (Å²) in [5.41, 5.74) is 0.766. The summed E-state index contributed by atoms with van der Waals surface area (Å²) in [5.74, 6) is -0.814. The van der Waals surface area contributed by atoms with Crippen LogP contribution in [0, 0.1) is 11.7 Å². The van der Waals surface area contributed by atoms with Gasteiger partial charge >= 0.3 is 5.97 Å². The van der Waals surface area contributed by atoms with Gasteiger partial charge in [-0.3, -0.25) is 4.90 Å². The van der Waals surface area contributed by atoms with Gasteiger partial charge in [-0.15, -0.1) is 0 Å². The highest BCUT2D eigenvalue weighted by Crippen LogP contribution is 2.27. The lowest BCUT2D eigenvalue weighted by Crippen LogP contribution is -2.32. The fourth-order valence-corrected chi connectivity index (χ4v) is 2.47. The van der Waals surface area contributed by atoms with Crippen molar-refractivity contribution < 1.29 is 14.3 Å². The lowest BCUT2D eigenvalue weighted by Gasteiger charge is -2.32. The second-order valence-corrected chi connectivity index (χ2v) is 5.23. The number of aromatic carboxylic acids is 1. The van der Waals surface area contributed by atoms with Gasteiger partial charge in [0.2, 0.25) is 0 Å². The van der Waals surface area contributed by atoms with Crippen LogP contribution in [0.5, 0.6) is 0 Å². The van der Waals surface area contributed by atoms with Crippen LogP contribution in [-0.2, 0) is 6.54 Å². The van der Waals surface area contributed by atoms with Crippen molar-refractivity contribution in [3.8, 4) is 0 Å². The van der Waals surface area contributed by atoms with E-state index in [4.69, 9.17) is 5.11 Å². The highest BCUT2D eigenvalue weighted by Gasteiger charge is 2.21. The molecular weight excluding hydrogens is 245 g/mol. The summed E-state index contributed by atoms with van der Waals surface area (Å²) in [6.45, 7) is 4.54. The SMILES string of the molecule is CCN(Cc1ccc(F)cc1C(=O)O)CC1CCC1. The van der Waals surface area contributed by atoms with Crippen molar-refractivity contribution in [2.24, 2.45) is 5.92 Å². The molecule has 0 bridgehead atoms. The van der Waals surface area contributed by atoms with Crippen LogP contribution in [0.1, 0.15) is 42.1 Å². The van der Waals surface area contributed by atoms with Crippen molar-refractivity contribution in [2.75, 3.05) is 13.1 Å². The maximum Gasteiger partial charge on any atom is 0.336 e.